The summed E-state index contributed by atoms with van der Waals surface area (Å²) in [6.07, 6.45) is 1.14. The lowest BCUT2D eigenvalue weighted by atomic mass is 9.87. The summed E-state index contributed by atoms with van der Waals surface area (Å²) in [7, 11) is 0. The maximum Gasteiger partial charge on any atom is 0.0579 e. The fourth-order valence-corrected chi connectivity index (χ4v) is 2.94. The van der Waals surface area contributed by atoms with Gasteiger partial charge in [0.05, 0.1) is 6.04 Å². The fourth-order valence-electron chi connectivity index (χ4n) is 2.94. The summed E-state index contributed by atoms with van der Waals surface area (Å²) in [5.41, 5.74) is 7.11. The number of rotatable bonds is 1. The molecule has 0 fully saturated rings. The molecule has 0 spiro atoms. The normalized spacial score (nSPS) is 18.4. The number of hydrogen-bond acceptors (Lipinski definition) is 1. The van der Waals surface area contributed by atoms with Gasteiger partial charge in [0.25, 0.3) is 0 Å². The van der Waals surface area contributed by atoms with Crippen LogP contribution in [0.15, 0.2) is 42.5 Å². The summed E-state index contributed by atoms with van der Waals surface area (Å²) in [6, 6.07) is 15.8. The van der Waals surface area contributed by atoms with Crippen LogP contribution < -0.4 is 5.32 Å². The third-order valence-electron chi connectivity index (χ3n) is 3.86. The van der Waals surface area contributed by atoms with Crippen molar-refractivity contribution >= 4 is 0 Å². The maximum absolute atomic E-state index is 3.65. The van der Waals surface area contributed by atoms with Gasteiger partial charge in [-0.15, -0.1) is 0 Å². The van der Waals surface area contributed by atoms with Crippen molar-refractivity contribution in [1.82, 2.24) is 5.32 Å². The molecule has 1 heterocycles. The van der Waals surface area contributed by atoms with E-state index in [0.29, 0.717) is 6.04 Å². The first-order chi connectivity index (χ1) is 8.75. The molecule has 2 aromatic rings. The van der Waals surface area contributed by atoms with Crippen LogP contribution in [0.5, 0.6) is 0 Å². The van der Waals surface area contributed by atoms with Crippen LogP contribution in [-0.4, -0.2) is 6.54 Å². The van der Waals surface area contributed by atoms with Crippen molar-refractivity contribution in [3.05, 3.63) is 70.3 Å². The van der Waals surface area contributed by atoms with Crippen LogP contribution in [0.1, 0.15) is 33.9 Å². The van der Waals surface area contributed by atoms with Crippen molar-refractivity contribution < 1.29 is 0 Å². The summed E-state index contributed by atoms with van der Waals surface area (Å²) in [4.78, 5) is 0. The molecule has 1 nitrogen and oxygen atoms in total. The highest BCUT2D eigenvalue weighted by atomic mass is 14.9. The number of aryl methyl sites for hydroxylation is 2. The van der Waals surface area contributed by atoms with Crippen LogP contribution in [0, 0.1) is 13.8 Å². The summed E-state index contributed by atoms with van der Waals surface area (Å²) in [5, 5.41) is 3.65. The second-order valence-corrected chi connectivity index (χ2v) is 5.19. The largest absolute Gasteiger partial charge is 0.306 e. The molecule has 2 aromatic carbocycles. The van der Waals surface area contributed by atoms with E-state index in [4.69, 9.17) is 0 Å². The maximum atomic E-state index is 3.65. The fraction of sp³-hybridized carbons (Fsp3) is 0.294. The molecule has 0 saturated heterocycles. The minimum Gasteiger partial charge on any atom is -0.306 e. The zero-order valence-corrected chi connectivity index (χ0v) is 11.0. The standard InChI is InChI=1S/C17H19N/c1-12-5-3-7-14(11-12)17-16-8-4-6-13(2)15(16)9-10-18-17/h3-8,11,17-18H,9-10H2,1-2H3. The van der Waals surface area contributed by atoms with Gasteiger partial charge in [0, 0.05) is 6.54 Å². The van der Waals surface area contributed by atoms with Crippen LogP contribution >= 0.6 is 0 Å². The van der Waals surface area contributed by atoms with Gasteiger partial charge in [-0.25, -0.2) is 0 Å². The van der Waals surface area contributed by atoms with Crippen molar-refractivity contribution in [3.8, 4) is 0 Å². The van der Waals surface area contributed by atoms with Crippen LogP contribution in [0.25, 0.3) is 0 Å². The van der Waals surface area contributed by atoms with E-state index < -0.39 is 0 Å². The first kappa shape index (κ1) is 11.5. The number of nitrogens with one attached hydrogen (secondary N) is 1. The zero-order valence-electron chi connectivity index (χ0n) is 11.0. The monoisotopic (exact) mass is 237 g/mol. The third-order valence-corrected chi connectivity index (χ3v) is 3.86. The molecule has 3 rings (SSSR count). The minimum atomic E-state index is 0.355. The SMILES string of the molecule is Cc1cccc(C2NCCc3c(C)cccc32)c1. The van der Waals surface area contributed by atoms with E-state index in [0.717, 1.165) is 13.0 Å². The van der Waals surface area contributed by atoms with Crippen molar-refractivity contribution in [1.29, 1.82) is 0 Å². The number of hydrogen-bond donors (Lipinski definition) is 1. The average Bonchev–Trinajstić information content (AvgIpc) is 2.39. The Balaban J connectivity index is 2.09. The number of fused-ring (bicyclic) bond motifs is 1. The number of benzene rings is 2. The van der Waals surface area contributed by atoms with Gasteiger partial charge < -0.3 is 5.32 Å². The van der Waals surface area contributed by atoms with Crippen LogP contribution in [0.4, 0.5) is 0 Å². The predicted molar refractivity (Wildman–Crippen MR) is 75.9 cm³/mol. The Morgan fingerprint density at radius 2 is 1.89 bits per heavy atom. The topological polar surface area (TPSA) is 12.0 Å². The predicted octanol–water partition coefficient (Wildman–Crippen LogP) is 3.54. The molecule has 1 aliphatic rings. The molecule has 0 bridgehead atoms. The third kappa shape index (κ3) is 1.95. The molecule has 0 aromatic heterocycles. The van der Waals surface area contributed by atoms with Gasteiger partial charge in [-0.2, -0.15) is 0 Å². The second-order valence-electron chi connectivity index (χ2n) is 5.19. The molecule has 1 unspecified atom stereocenters. The van der Waals surface area contributed by atoms with Gasteiger partial charge in [0.2, 0.25) is 0 Å². The molecular weight excluding hydrogens is 218 g/mol. The van der Waals surface area contributed by atoms with Crippen molar-refractivity contribution in [2.24, 2.45) is 0 Å². The molecule has 18 heavy (non-hydrogen) atoms. The zero-order chi connectivity index (χ0) is 12.5. The van der Waals surface area contributed by atoms with Crippen LogP contribution in [-0.2, 0) is 6.42 Å². The lowest BCUT2D eigenvalue weighted by Gasteiger charge is -2.28. The molecule has 1 heteroatoms. The molecule has 0 saturated carbocycles. The quantitative estimate of drug-likeness (QED) is 0.800. The van der Waals surface area contributed by atoms with Gasteiger partial charge in [0.15, 0.2) is 0 Å². The van der Waals surface area contributed by atoms with E-state index in [2.05, 4.69) is 61.6 Å². The van der Waals surface area contributed by atoms with E-state index >= 15 is 0 Å². The van der Waals surface area contributed by atoms with Crippen LogP contribution in [0.3, 0.4) is 0 Å². The molecule has 1 atom stereocenters. The Labute approximate surface area is 109 Å². The molecule has 1 aliphatic heterocycles. The summed E-state index contributed by atoms with van der Waals surface area (Å²) < 4.78 is 0. The van der Waals surface area contributed by atoms with Crippen LogP contribution in [0.2, 0.25) is 0 Å². The van der Waals surface area contributed by atoms with Crippen molar-refractivity contribution in [2.45, 2.75) is 26.3 Å². The van der Waals surface area contributed by atoms with Gasteiger partial charge in [0.1, 0.15) is 0 Å². The Kier molecular flexibility index (Phi) is 2.92. The highest BCUT2D eigenvalue weighted by Crippen LogP contribution is 2.30. The molecular formula is C17H19N. The van der Waals surface area contributed by atoms with E-state index in [-0.39, 0.29) is 0 Å². The Morgan fingerprint density at radius 1 is 1.06 bits per heavy atom. The smallest absolute Gasteiger partial charge is 0.0579 e. The average molecular weight is 237 g/mol. The summed E-state index contributed by atoms with van der Waals surface area (Å²) in [5.74, 6) is 0. The van der Waals surface area contributed by atoms with Crippen molar-refractivity contribution in [2.75, 3.05) is 6.54 Å². The van der Waals surface area contributed by atoms with E-state index in [1.807, 2.05) is 0 Å². The molecule has 92 valence electrons. The van der Waals surface area contributed by atoms with Gasteiger partial charge in [-0.1, -0.05) is 48.0 Å². The highest BCUT2D eigenvalue weighted by Gasteiger charge is 2.21. The Hall–Kier alpha value is -1.60. The first-order valence-corrected chi connectivity index (χ1v) is 6.64. The second kappa shape index (κ2) is 4.58. The lowest BCUT2D eigenvalue weighted by molar-refractivity contribution is 0.566. The van der Waals surface area contributed by atoms with Gasteiger partial charge in [-0.05, 0) is 42.5 Å². The van der Waals surface area contributed by atoms with E-state index in [9.17, 15) is 0 Å². The van der Waals surface area contributed by atoms with Crippen molar-refractivity contribution in [3.63, 3.8) is 0 Å². The van der Waals surface area contributed by atoms with Gasteiger partial charge in [-0.3, -0.25) is 0 Å². The molecule has 0 radical (unpaired) electrons. The van der Waals surface area contributed by atoms with E-state index in [1.54, 1.807) is 0 Å². The molecule has 1 N–H and O–H groups in total. The first-order valence-electron chi connectivity index (χ1n) is 6.64. The highest BCUT2D eigenvalue weighted by molar-refractivity contribution is 5.43. The molecule has 0 aliphatic carbocycles. The summed E-state index contributed by atoms with van der Waals surface area (Å²) in [6.45, 7) is 5.44. The molecule has 0 amide bonds. The minimum absolute atomic E-state index is 0.355. The Bertz CT molecular complexity index is 572. The summed E-state index contributed by atoms with van der Waals surface area (Å²) >= 11 is 0. The van der Waals surface area contributed by atoms with Gasteiger partial charge >= 0.3 is 0 Å². The van der Waals surface area contributed by atoms with E-state index in [1.165, 1.54) is 27.8 Å². The Morgan fingerprint density at radius 3 is 2.72 bits per heavy atom. The lowest BCUT2D eigenvalue weighted by Crippen LogP contribution is -2.31.